The van der Waals surface area contributed by atoms with Crippen molar-refractivity contribution in [2.75, 3.05) is 13.7 Å². The van der Waals surface area contributed by atoms with Crippen LogP contribution in [0.1, 0.15) is 29.8 Å². The van der Waals surface area contributed by atoms with Gasteiger partial charge in [0.15, 0.2) is 11.4 Å². The third-order valence-electron chi connectivity index (χ3n) is 3.69. The maximum absolute atomic E-state index is 12.4. The van der Waals surface area contributed by atoms with Gasteiger partial charge in [0.1, 0.15) is 0 Å². The van der Waals surface area contributed by atoms with E-state index in [0.29, 0.717) is 12.2 Å². The summed E-state index contributed by atoms with van der Waals surface area (Å²) in [7, 11) is 1.41. The van der Waals surface area contributed by atoms with Crippen LogP contribution in [0.15, 0.2) is 11.0 Å². The molecule has 0 aromatic carbocycles. The van der Waals surface area contributed by atoms with E-state index in [2.05, 4.69) is 5.10 Å². The molecule has 1 fully saturated rings. The summed E-state index contributed by atoms with van der Waals surface area (Å²) in [6.07, 6.45) is 4.38. The molecular weight excluding hydrogens is 234 g/mol. The van der Waals surface area contributed by atoms with Crippen LogP contribution in [0.3, 0.4) is 0 Å². The SMILES string of the molecule is COc1c2n(ncc1=O)CC1CCCCN1C2=O. The van der Waals surface area contributed by atoms with Gasteiger partial charge in [-0.15, -0.1) is 0 Å². The number of fused-ring (bicyclic) bond motifs is 2. The number of ether oxygens (including phenoxy) is 1. The molecule has 2 aliphatic heterocycles. The number of nitrogens with zero attached hydrogens (tertiary/aromatic N) is 3. The smallest absolute Gasteiger partial charge is 0.276 e. The summed E-state index contributed by atoms with van der Waals surface area (Å²) in [6.45, 7) is 1.41. The van der Waals surface area contributed by atoms with E-state index in [9.17, 15) is 9.59 Å². The topological polar surface area (TPSA) is 64.4 Å². The quantitative estimate of drug-likeness (QED) is 0.716. The average molecular weight is 249 g/mol. The normalized spacial score (nSPS) is 22.4. The summed E-state index contributed by atoms with van der Waals surface area (Å²) in [5, 5.41) is 4.05. The molecule has 6 nitrogen and oxygen atoms in total. The Morgan fingerprint density at radius 3 is 3.00 bits per heavy atom. The number of rotatable bonds is 1. The van der Waals surface area contributed by atoms with Gasteiger partial charge in [0.05, 0.1) is 25.9 Å². The van der Waals surface area contributed by atoms with Crippen LogP contribution in [0.25, 0.3) is 0 Å². The van der Waals surface area contributed by atoms with Gasteiger partial charge in [-0.05, 0) is 19.3 Å². The maximum Gasteiger partial charge on any atom is 0.276 e. The number of hydrogen-bond acceptors (Lipinski definition) is 4. The first-order chi connectivity index (χ1) is 8.72. The van der Waals surface area contributed by atoms with E-state index in [1.807, 2.05) is 4.90 Å². The fraction of sp³-hybridized carbons (Fsp3) is 0.583. The fourth-order valence-corrected chi connectivity index (χ4v) is 2.81. The highest BCUT2D eigenvalue weighted by Crippen LogP contribution is 2.27. The van der Waals surface area contributed by atoms with E-state index < -0.39 is 0 Å². The summed E-state index contributed by atoms with van der Waals surface area (Å²) in [5.74, 6) is -0.0213. The molecule has 0 saturated carbocycles. The number of piperidine rings is 1. The minimum Gasteiger partial charge on any atom is -0.491 e. The largest absolute Gasteiger partial charge is 0.491 e. The second-order valence-electron chi connectivity index (χ2n) is 4.72. The predicted octanol–water partition coefficient (Wildman–Crippen LogP) is 0.260. The third-order valence-corrected chi connectivity index (χ3v) is 3.69. The molecule has 3 rings (SSSR count). The Morgan fingerprint density at radius 1 is 1.39 bits per heavy atom. The zero-order chi connectivity index (χ0) is 12.7. The lowest BCUT2D eigenvalue weighted by atomic mass is 9.99. The van der Waals surface area contributed by atoms with Crippen LogP contribution >= 0.6 is 0 Å². The van der Waals surface area contributed by atoms with Gasteiger partial charge in [-0.3, -0.25) is 14.3 Å². The number of amides is 1. The van der Waals surface area contributed by atoms with Gasteiger partial charge in [0.25, 0.3) is 5.91 Å². The summed E-state index contributed by atoms with van der Waals surface area (Å²) in [5.41, 5.74) is -0.0456. The van der Waals surface area contributed by atoms with Crippen molar-refractivity contribution in [2.45, 2.75) is 31.8 Å². The first kappa shape index (κ1) is 11.3. The average Bonchev–Trinajstić information content (AvgIpc) is 2.40. The Labute approximate surface area is 104 Å². The zero-order valence-electron chi connectivity index (χ0n) is 10.3. The summed E-state index contributed by atoms with van der Waals surface area (Å²) >= 11 is 0. The van der Waals surface area contributed by atoms with Gasteiger partial charge in [0, 0.05) is 6.54 Å². The Kier molecular flexibility index (Phi) is 2.57. The third kappa shape index (κ3) is 1.52. The van der Waals surface area contributed by atoms with Crippen molar-refractivity contribution < 1.29 is 9.53 Å². The van der Waals surface area contributed by atoms with Crippen LogP contribution in [0.5, 0.6) is 5.75 Å². The van der Waals surface area contributed by atoms with E-state index in [4.69, 9.17) is 4.74 Å². The van der Waals surface area contributed by atoms with Crippen LogP contribution in [-0.4, -0.2) is 40.3 Å². The summed E-state index contributed by atoms with van der Waals surface area (Å²) < 4.78 is 6.68. The van der Waals surface area contributed by atoms with Crippen LogP contribution < -0.4 is 10.2 Å². The molecular formula is C12H15N3O3. The molecule has 1 amide bonds. The van der Waals surface area contributed by atoms with Gasteiger partial charge in [0.2, 0.25) is 5.43 Å². The van der Waals surface area contributed by atoms with Crippen LogP contribution in [0.4, 0.5) is 0 Å². The van der Waals surface area contributed by atoms with Crippen LogP contribution in [0, 0.1) is 0 Å². The Hall–Kier alpha value is -1.85. The monoisotopic (exact) mass is 249 g/mol. The minimum atomic E-state index is -0.340. The standard InChI is InChI=1S/C12H15N3O3/c1-18-11-9(16)6-13-15-7-8-4-2-3-5-14(8)12(17)10(11)15/h6,8H,2-5,7H2,1H3. The van der Waals surface area contributed by atoms with Crippen molar-refractivity contribution in [1.82, 2.24) is 14.7 Å². The Bertz CT molecular complexity index is 552. The second-order valence-corrected chi connectivity index (χ2v) is 4.72. The second kappa shape index (κ2) is 4.12. The highest BCUT2D eigenvalue weighted by molar-refractivity contribution is 5.96. The molecule has 1 aromatic rings. The number of hydrogen-bond donors (Lipinski definition) is 0. The highest BCUT2D eigenvalue weighted by atomic mass is 16.5. The number of carbonyl (C=O) groups excluding carboxylic acids is 1. The first-order valence-electron chi connectivity index (χ1n) is 6.17. The number of aromatic nitrogens is 2. The van der Waals surface area contributed by atoms with Crippen molar-refractivity contribution >= 4 is 5.91 Å². The Balaban J connectivity index is 2.13. The lowest BCUT2D eigenvalue weighted by Crippen LogP contribution is -2.51. The maximum atomic E-state index is 12.4. The van der Waals surface area contributed by atoms with Gasteiger partial charge >= 0.3 is 0 Å². The van der Waals surface area contributed by atoms with Crippen molar-refractivity contribution in [3.63, 3.8) is 0 Å². The van der Waals surface area contributed by atoms with E-state index in [0.717, 1.165) is 25.8 Å². The predicted molar refractivity (Wildman–Crippen MR) is 63.7 cm³/mol. The van der Waals surface area contributed by atoms with Gasteiger partial charge < -0.3 is 9.64 Å². The summed E-state index contributed by atoms with van der Waals surface area (Å²) in [6, 6.07) is 0.207. The molecule has 0 N–H and O–H groups in total. The molecule has 1 unspecified atom stereocenters. The van der Waals surface area contributed by atoms with E-state index in [-0.39, 0.29) is 23.1 Å². The molecule has 0 aliphatic carbocycles. The number of methoxy groups -OCH3 is 1. The molecule has 1 aromatic heterocycles. The van der Waals surface area contributed by atoms with Crippen molar-refractivity contribution in [3.8, 4) is 5.75 Å². The molecule has 0 radical (unpaired) electrons. The van der Waals surface area contributed by atoms with Crippen molar-refractivity contribution in [3.05, 3.63) is 22.1 Å². The number of carbonyl (C=O) groups is 1. The lowest BCUT2D eigenvalue weighted by molar-refractivity contribution is 0.0488. The van der Waals surface area contributed by atoms with Crippen molar-refractivity contribution in [1.29, 1.82) is 0 Å². The van der Waals surface area contributed by atoms with Gasteiger partial charge in [-0.1, -0.05) is 0 Å². The molecule has 2 aliphatic rings. The van der Waals surface area contributed by atoms with Gasteiger partial charge in [-0.25, -0.2) is 0 Å². The molecule has 0 bridgehead atoms. The minimum absolute atomic E-state index is 0.110. The van der Waals surface area contributed by atoms with Crippen LogP contribution in [-0.2, 0) is 6.54 Å². The Morgan fingerprint density at radius 2 is 2.22 bits per heavy atom. The molecule has 96 valence electrons. The lowest BCUT2D eigenvalue weighted by Gasteiger charge is -2.40. The highest BCUT2D eigenvalue weighted by Gasteiger charge is 2.36. The van der Waals surface area contributed by atoms with E-state index >= 15 is 0 Å². The zero-order valence-corrected chi connectivity index (χ0v) is 10.3. The summed E-state index contributed by atoms with van der Waals surface area (Å²) in [4.78, 5) is 25.9. The molecule has 1 atom stereocenters. The fourth-order valence-electron chi connectivity index (χ4n) is 2.81. The first-order valence-corrected chi connectivity index (χ1v) is 6.17. The molecule has 6 heteroatoms. The van der Waals surface area contributed by atoms with Crippen molar-refractivity contribution in [2.24, 2.45) is 0 Å². The van der Waals surface area contributed by atoms with E-state index in [1.165, 1.54) is 13.3 Å². The molecule has 0 spiro atoms. The van der Waals surface area contributed by atoms with Crippen LogP contribution in [0.2, 0.25) is 0 Å². The van der Waals surface area contributed by atoms with Gasteiger partial charge in [-0.2, -0.15) is 5.10 Å². The molecule has 3 heterocycles. The van der Waals surface area contributed by atoms with E-state index in [1.54, 1.807) is 4.68 Å². The molecule has 1 saturated heterocycles. The molecule has 18 heavy (non-hydrogen) atoms.